The van der Waals surface area contributed by atoms with Gasteiger partial charge in [0.05, 0.1) is 11.9 Å². The molecule has 1 heterocycles. The Bertz CT molecular complexity index is 825. The molecule has 0 atom stereocenters. The normalized spacial score (nSPS) is 9.74. The minimum atomic E-state index is -0.240. The third-order valence-electron chi connectivity index (χ3n) is 3.15. The number of halogens is 1. The molecule has 0 fully saturated rings. The number of rotatable bonds is 3. The molecule has 0 bridgehead atoms. The Labute approximate surface area is 143 Å². The van der Waals surface area contributed by atoms with Crippen LogP contribution in [0, 0.1) is 0 Å². The highest BCUT2D eigenvalue weighted by Crippen LogP contribution is 2.18. The Hall–Kier alpha value is -2.73. The van der Waals surface area contributed by atoms with E-state index in [9.17, 15) is 9.59 Å². The highest BCUT2D eigenvalue weighted by atomic mass is 79.9. The lowest BCUT2D eigenvalue weighted by Crippen LogP contribution is -2.11. The van der Waals surface area contributed by atoms with E-state index in [1.807, 2.05) is 30.3 Å². The first-order chi connectivity index (χ1) is 10.7. The van der Waals surface area contributed by atoms with E-state index in [-0.39, 0.29) is 28.4 Å². The van der Waals surface area contributed by atoms with Gasteiger partial charge in [-0.1, -0.05) is 30.3 Å². The van der Waals surface area contributed by atoms with Crippen LogP contribution in [-0.4, -0.2) is 15.9 Å². The van der Waals surface area contributed by atoms with Crippen molar-refractivity contribution in [1.29, 1.82) is 0 Å². The van der Waals surface area contributed by atoms with E-state index in [4.69, 9.17) is 0 Å². The molecule has 0 radical (unpaired) electrons. The summed E-state index contributed by atoms with van der Waals surface area (Å²) in [5.41, 5.74) is 2.58. The molecule has 0 saturated heterocycles. The number of carbonyl (C=O) groups excluding carboxylic acids is 1. The molecule has 6 heteroatoms. The summed E-state index contributed by atoms with van der Waals surface area (Å²) >= 11 is 0. The summed E-state index contributed by atoms with van der Waals surface area (Å²) in [6.07, 6.45) is 2.79. The largest absolute Gasteiger partial charge is 0.326 e. The summed E-state index contributed by atoms with van der Waals surface area (Å²) in [5, 5.41) is 2.83. The van der Waals surface area contributed by atoms with Crippen LogP contribution < -0.4 is 10.9 Å². The fraction of sp³-hybridized carbons (Fsp3) is 0. The Morgan fingerprint density at radius 1 is 1.00 bits per heavy atom. The molecule has 116 valence electrons. The van der Waals surface area contributed by atoms with Crippen LogP contribution in [0.25, 0.3) is 11.3 Å². The average Bonchev–Trinajstić information content (AvgIpc) is 2.57. The number of amides is 1. The van der Waals surface area contributed by atoms with Crippen molar-refractivity contribution < 1.29 is 4.79 Å². The molecule has 5 nitrogen and oxygen atoms in total. The SMILES string of the molecule is Br.O=C(Nc1ccc(-c2c[nH]c(=O)cn2)cc1)c1ccccc1. The smallest absolute Gasteiger partial charge is 0.266 e. The van der Waals surface area contributed by atoms with Crippen LogP contribution >= 0.6 is 17.0 Å². The van der Waals surface area contributed by atoms with Crippen molar-refractivity contribution in [3.8, 4) is 11.3 Å². The monoisotopic (exact) mass is 371 g/mol. The lowest BCUT2D eigenvalue weighted by atomic mass is 10.1. The predicted molar refractivity (Wildman–Crippen MR) is 95.0 cm³/mol. The quantitative estimate of drug-likeness (QED) is 0.741. The molecule has 2 N–H and O–H groups in total. The number of carbonyl (C=O) groups is 1. The van der Waals surface area contributed by atoms with Crippen LogP contribution in [0.5, 0.6) is 0 Å². The Morgan fingerprint density at radius 3 is 2.30 bits per heavy atom. The molecular weight excluding hydrogens is 358 g/mol. The number of benzene rings is 2. The summed E-state index contributed by atoms with van der Waals surface area (Å²) in [5.74, 6) is -0.157. The zero-order chi connectivity index (χ0) is 15.4. The van der Waals surface area contributed by atoms with Crippen molar-refractivity contribution in [2.75, 3.05) is 5.32 Å². The van der Waals surface area contributed by atoms with Gasteiger partial charge in [0.15, 0.2) is 0 Å². The molecular formula is C17H14BrN3O2. The molecule has 0 unspecified atom stereocenters. The Morgan fingerprint density at radius 2 is 1.70 bits per heavy atom. The number of hydrogen-bond donors (Lipinski definition) is 2. The summed E-state index contributed by atoms with van der Waals surface area (Å²) in [7, 11) is 0. The van der Waals surface area contributed by atoms with Crippen LogP contribution in [-0.2, 0) is 0 Å². The minimum Gasteiger partial charge on any atom is -0.326 e. The number of H-pyrrole nitrogens is 1. The fourth-order valence-corrected chi connectivity index (χ4v) is 2.02. The molecule has 1 amide bonds. The Balaban J connectivity index is 0.00000192. The topological polar surface area (TPSA) is 74.8 Å². The second-order valence-corrected chi connectivity index (χ2v) is 4.69. The summed E-state index contributed by atoms with van der Waals surface area (Å²) < 4.78 is 0. The van der Waals surface area contributed by atoms with E-state index in [0.29, 0.717) is 16.9 Å². The van der Waals surface area contributed by atoms with Gasteiger partial charge in [-0.3, -0.25) is 9.59 Å². The zero-order valence-electron chi connectivity index (χ0n) is 12.0. The number of aromatic nitrogens is 2. The van der Waals surface area contributed by atoms with Gasteiger partial charge in [0, 0.05) is 23.0 Å². The highest BCUT2D eigenvalue weighted by Gasteiger charge is 2.05. The first-order valence-electron chi connectivity index (χ1n) is 6.74. The second kappa shape index (κ2) is 7.51. The zero-order valence-corrected chi connectivity index (χ0v) is 13.7. The number of nitrogens with one attached hydrogen (secondary N) is 2. The van der Waals surface area contributed by atoms with Gasteiger partial charge < -0.3 is 10.3 Å². The molecule has 0 aliphatic heterocycles. The standard InChI is InChI=1S/C17H13N3O2.BrH/c21-16-11-18-15(10-19-16)12-6-8-14(9-7-12)20-17(22)13-4-2-1-3-5-13;/h1-11H,(H,19,21)(H,20,22);1H. The van der Waals surface area contributed by atoms with E-state index in [1.54, 1.807) is 30.5 Å². The minimum absolute atomic E-state index is 0. The predicted octanol–water partition coefficient (Wildman–Crippen LogP) is 3.27. The first-order valence-corrected chi connectivity index (χ1v) is 6.74. The molecule has 1 aromatic heterocycles. The van der Waals surface area contributed by atoms with Crippen molar-refractivity contribution in [1.82, 2.24) is 9.97 Å². The maximum atomic E-state index is 12.0. The summed E-state index contributed by atoms with van der Waals surface area (Å²) in [6.45, 7) is 0. The molecule has 0 aliphatic rings. The third kappa shape index (κ3) is 4.14. The first kappa shape index (κ1) is 16.6. The van der Waals surface area contributed by atoms with Gasteiger partial charge >= 0.3 is 0 Å². The van der Waals surface area contributed by atoms with Gasteiger partial charge in [0.25, 0.3) is 11.5 Å². The van der Waals surface area contributed by atoms with Crippen molar-refractivity contribution in [2.45, 2.75) is 0 Å². The second-order valence-electron chi connectivity index (χ2n) is 4.69. The van der Waals surface area contributed by atoms with Gasteiger partial charge in [-0.05, 0) is 24.3 Å². The van der Waals surface area contributed by atoms with Gasteiger partial charge in [-0.2, -0.15) is 0 Å². The van der Waals surface area contributed by atoms with E-state index in [2.05, 4.69) is 15.3 Å². The van der Waals surface area contributed by atoms with Gasteiger partial charge in [-0.25, -0.2) is 4.98 Å². The lowest BCUT2D eigenvalue weighted by Gasteiger charge is -2.06. The van der Waals surface area contributed by atoms with Crippen LogP contribution in [0.4, 0.5) is 5.69 Å². The van der Waals surface area contributed by atoms with E-state index >= 15 is 0 Å². The van der Waals surface area contributed by atoms with Gasteiger partial charge in [-0.15, -0.1) is 17.0 Å². The fourth-order valence-electron chi connectivity index (χ4n) is 2.02. The third-order valence-corrected chi connectivity index (χ3v) is 3.15. The van der Waals surface area contributed by atoms with Crippen molar-refractivity contribution in [2.24, 2.45) is 0 Å². The summed E-state index contributed by atoms with van der Waals surface area (Å²) in [4.78, 5) is 29.7. The molecule has 3 rings (SSSR count). The van der Waals surface area contributed by atoms with Gasteiger partial charge in [0.2, 0.25) is 0 Å². The van der Waals surface area contributed by atoms with Crippen LogP contribution in [0.1, 0.15) is 10.4 Å². The van der Waals surface area contributed by atoms with Crippen molar-refractivity contribution >= 4 is 28.6 Å². The number of hydrogen-bond acceptors (Lipinski definition) is 3. The number of nitrogens with zero attached hydrogens (tertiary/aromatic N) is 1. The molecule has 23 heavy (non-hydrogen) atoms. The Kier molecular flexibility index (Phi) is 5.43. The molecule has 3 aromatic rings. The van der Waals surface area contributed by atoms with Crippen LogP contribution in [0.15, 0.2) is 71.8 Å². The molecule has 2 aromatic carbocycles. The molecule has 0 aliphatic carbocycles. The average molecular weight is 372 g/mol. The lowest BCUT2D eigenvalue weighted by molar-refractivity contribution is 0.102. The molecule has 0 saturated carbocycles. The maximum absolute atomic E-state index is 12.0. The van der Waals surface area contributed by atoms with E-state index in [1.165, 1.54) is 6.20 Å². The molecule has 0 spiro atoms. The van der Waals surface area contributed by atoms with Crippen LogP contribution in [0.2, 0.25) is 0 Å². The number of anilines is 1. The summed E-state index contributed by atoms with van der Waals surface area (Å²) in [6, 6.07) is 16.3. The van der Waals surface area contributed by atoms with Gasteiger partial charge in [0.1, 0.15) is 0 Å². The van der Waals surface area contributed by atoms with E-state index < -0.39 is 0 Å². The van der Waals surface area contributed by atoms with Crippen molar-refractivity contribution in [3.05, 3.63) is 82.9 Å². The van der Waals surface area contributed by atoms with Crippen LogP contribution in [0.3, 0.4) is 0 Å². The van der Waals surface area contributed by atoms with E-state index in [0.717, 1.165) is 5.56 Å². The maximum Gasteiger partial charge on any atom is 0.266 e. The highest BCUT2D eigenvalue weighted by molar-refractivity contribution is 8.93. The van der Waals surface area contributed by atoms with Crippen molar-refractivity contribution in [3.63, 3.8) is 0 Å². The number of aromatic amines is 1.